The molecular formula is C20H21N3O3. The third kappa shape index (κ3) is 4.27. The number of hydrogen-bond donors (Lipinski definition) is 1. The molecule has 1 aliphatic rings. The molecule has 1 aliphatic heterocycles. The van der Waals surface area contributed by atoms with Gasteiger partial charge in [0.1, 0.15) is 0 Å². The van der Waals surface area contributed by atoms with Crippen LogP contribution in [0.3, 0.4) is 0 Å². The molecule has 0 radical (unpaired) electrons. The first kappa shape index (κ1) is 17.7. The maximum absolute atomic E-state index is 12.2. The number of rotatable bonds is 5. The minimum atomic E-state index is -0.386. The number of amides is 1. The molecule has 2 aromatic carbocycles. The van der Waals surface area contributed by atoms with Crippen LogP contribution in [0, 0.1) is 0 Å². The van der Waals surface area contributed by atoms with Gasteiger partial charge in [-0.05, 0) is 42.2 Å². The number of nitrogens with one attached hydrogen (secondary N) is 1. The van der Waals surface area contributed by atoms with Gasteiger partial charge in [-0.3, -0.25) is 4.79 Å². The highest BCUT2D eigenvalue weighted by atomic mass is 16.5. The fourth-order valence-corrected chi connectivity index (χ4v) is 2.99. The Bertz CT molecular complexity index is 815. The van der Waals surface area contributed by atoms with E-state index in [0.717, 1.165) is 30.6 Å². The Hall–Kier alpha value is -3.15. The van der Waals surface area contributed by atoms with E-state index < -0.39 is 0 Å². The molecule has 26 heavy (non-hydrogen) atoms. The van der Waals surface area contributed by atoms with Gasteiger partial charge in [0.25, 0.3) is 5.91 Å². The van der Waals surface area contributed by atoms with Crippen molar-refractivity contribution >= 4 is 23.8 Å². The number of fused-ring (bicyclic) bond motifs is 1. The first-order valence-electron chi connectivity index (χ1n) is 8.50. The fraction of sp³-hybridized carbons (Fsp3) is 0.250. The van der Waals surface area contributed by atoms with Crippen molar-refractivity contribution < 1.29 is 14.3 Å². The van der Waals surface area contributed by atoms with E-state index in [1.54, 1.807) is 30.5 Å². The van der Waals surface area contributed by atoms with Gasteiger partial charge >= 0.3 is 5.97 Å². The van der Waals surface area contributed by atoms with Crippen molar-refractivity contribution in [3.05, 3.63) is 65.2 Å². The van der Waals surface area contributed by atoms with E-state index in [9.17, 15) is 9.59 Å². The van der Waals surface area contributed by atoms with Crippen molar-refractivity contribution in [3.63, 3.8) is 0 Å². The van der Waals surface area contributed by atoms with Crippen LogP contribution in [-0.4, -0.2) is 38.3 Å². The molecule has 0 saturated heterocycles. The number of carbonyl (C=O) groups excluding carboxylic acids is 2. The molecule has 1 N–H and O–H groups in total. The predicted molar refractivity (Wildman–Crippen MR) is 100 cm³/mol. The van der Waals surface area contributed by atoms with Crippen LogP contribution >= 0.6 is 0 Å². The van der Waals surface area contributed by atoms with Crippen molar-refractivity contribution in [2.24, 2.45) is 5.10 Å². The van der Waals surface area contributed by atoms with Crippen LogP contribution in [0.2, 0.25) is 0 Å². The number of hydrazone groups is 1. The van der Waals surface area contributed by atoms with Gasteiger partial charge in [-0.2, -0.15) is 5.10 Å². The SMILES string of the molecule is COC(=O)c1ccc(/C=N\NC(=O)CN2CCCc3ccccc32)cc1. The second-order valence-electron chi connectivity index (χ2n) is 6.06. The number of hydrogen-bond acceptors (Lipinski definition) is 5. The third-order valence-corrected chi connectivity index (χ3v) is 4.28. The Kier molecular flexibility index (Phi) is 5.63. The molecule has 0 spiro atoms. The Morgan fingerprint density at radius 1 is 1.19 bits per heavy atom. The molecule has 0 saturated carbocycles. The number of aryl methyl sites for hydroxylation is 1. The average Bonchev–Trinajstić information content (AvgIpc) is 2.68. The van der Waals surface area contributed by atoms with Crippen LogP contribution < -0.4 is 10.3 Å². The molecule has 0 aliphatic carbocycles. The number of anilines is 1. The summed E-state index contributed by atoms with van der Waals surface area (Å²) in [5, 5.41) is 3.99. The van der Waals surface area contributed by atoms with E-state index in [1.807, 2.05) is 18.2 Å². The van der Waals surface area contributed by atoms with E-state index in [4.69, 9.17) is 0 Å². The molecule has 1 heterocycles. The summed E-state index contributed by atoms with van der Waals surface area (Å²) >= 11 is 0. The van der Waals surface area contributed by atoms with Crippen molar-refractivity contribution in [1.29, 1.82) is 0 Å². The standard InChI is InChI=1S/C20H21N3O3/c1-26-20(25)17-10-8-15(9-11-17)13-21-22-19(24)14-23-12-4-6-16-5-2-3-7-18(16)23/h2-3,5,7-11,13H,4,6,12,14H2,1H3,(H,22,24)/b21-13-. The molecule has 0 atom stereocenters. The number of benzene rings is 2. The lowest BCUT2D eigenvalue weighted by Crippen LogP contribution is -2.38. The number of esters is 1. The number of para-hydroxylation sites is 1. The van der Waals surface area contributed by atoms with Crippen molar-refractivity contribution in [2.75, 3.05) is 25.1 Å². The zero-order chi connectivity index (χ0) is 18.4. The van der Waals surface area contributed by atoms with E-state index in [1.165, 1.54) is 12.7 Å². The lowest BCUT2D eigenvalue weighted by molar-refractivity contribution is -0.119. The minimum absolute atomic E-state index is 0.163. The first-order valence-corrected chi connectivity index (χ1v) is 8.50. The Labute approximate surface area is 152 Å². The molecule has 1 amide bonds. The molecule has 6 heteroatoms. The summed E-state index contributed by atoms with van der Waals surface area (Å²) in [5.74, 6) is -0.548. The van der Waals surface area contributed by atoms with Gasteiger partial charge in [0, 0.05) is 12.2 Å². The summed E-state index contributed by atoms with van der Waals surface area (Å²) in [4.78, 5) is 25.6. The first-order chi connectivity index (χ1) is 12.7. The van der Waals surface area contributed by atoms with Gasteiger partial charge < -0.3 is 9.64 Å². The lowest BCUT2D eigenvalue weighted by Gasteiger charge is -2.30. The minimum Gasteiger partial charge on any atom is -0.465 e. The maximum atomic E-state index is 12.2. The second-order valence-corrected chi connectivity index (χ2v) is 6.06. The van der Waals surface area contributed by atoms with Crippen LogP contribution in [-0.2, 0) is 16.0 Å². The zero-order valence-corrected chi connectivity index (χ0v) is 14.6. The van der Waals surface area contributed by atoms with Crippen LogP contribution in [0.4, 0.5) is 5.69 Å². The smallest absolute Gasteiger partial charge is 0.337 e. The normalized spacial score (nSPS) is 13.3. The van der Waals surface area contributed by atoms with Crippen molar-refractivity contribution in [2.45, 2.75) is 12.8 Å². The molecule has 0 unspecified atom stereocenters. The lowest BCUT2D eigenvalue weighted by atomic mass is 10.0. The van der Waals surface area contributed by atoms with Gasteiger partial charge in [-0.15, -0.1) is 0 Å². The summed E-state index contributed by atoms with van der Waals surface area (Å²) in [6.07, 6.45) is 3.64. The van der Waals surface area contributed by atoms with Crippen LogP contribution in [0.1, 0.15) is 27.9 Å². The van der Waals surface area contributed by atoms with Gasteiger partial charge in [0.05, 0.1) is 25.4 Å². The van der Waals surface area contributed by atoms with E-state index in [2.05, 4.69) is 26.2 Å². The molecular weight excluding hydrogens is 330 g/mol. The quantitative estimate of drug-likeness (QED) is 0.510. The molecule has 3 rings (SSSR count). The van der Waals surface area contributed by atoms with Gasteiger partial charge in [0.2, 0.25) is 0 Å². The second kappa shape index (κ2) is 8.29. The highest BCUT2D eigenvalue weighted by Gasteiger charge is 2.18. The summed E-state index contributed by atoms with van der Waals surface area (Å²) in [6.45, 7) is 1.14. The summed E-state index contributed by atoms with van der Waals surface area (Å²) < 4.78 is 4.65. The zero-order valence-electron chi connectivity index (χ0n) is 14.6. The summed E-state index contributed by atoms with van der Waals surface area (Å²) in [6, 6.07) is 15.0. The highest BCUT2D eigenvalue weighted by molar-refractivity contribution is 5.91. The summed E-state index contributed by atoms with van der Waals surface area (Å²) in [7, 11) is 1.34. The fourth-order valence-electron chi connectivity index (χ4n) is 2.99. The Morgan fingerprint density at radius 2 is 1.96 bits per heavy atom. The molecule has 2 aromatic rings. The van der Waals surface area contributed by atoms with Crippen LogP contribution in [0.25, 0.3) is 0 Å². The molecule has 0 aromatic heterocycles. The van der Waals surface area contributed by atoms with Gasteiger partial charge in [0.15, 0.2) is 0 Å². The number of carbonyl (C=O) groups is 2. The van der Waals surface area contributed by atoms with E-state index in [-0.39, 0.29) is 18.4 Å². The summed E-state index contributed by atoms with van der Waals surface area (Å²) in [5.41, 5.74) is 6.20. The van der Waals surface area contributed by atoms with Crippen molar-refractivity contribution in [1.82, 2.24) is 5.43 Å². The van der Waals surface area contributed by atoms with Gasteiger partial charge in [-0.25, -0.2) is 10.2 Å². The predicted octanol–water partition coefficient (Wildman–Crippen LogP) is 2.38. The van der Waals surface area contributed by atoms with Gasteiger partial charge in [-0.1, -0.05) is 30.3 Å². The number of methoxy groups -OCH3 is 1. The Balaban J connectivity index is 1.54. The average molecular weight is 351 g/mol. The molecule has 134 valence electrons. The van der Waals surface area contributed by atoms with Crippen molar-refractivity contribution in [3.8, 4) is 0 Å². The monoisotopic (exact) mass is 351 g/mol. The van der Waals surface area contributed by atoms with E-state index >= 15 is 0 Å². The number of nitrogens with zero attached hydrogens (tertiary/aromatic N) is 2. The largest absolute Gasteiger partial charge is 0.465 e. The molecule has 0 fully saturated rings. The topological polar surface area (TPSA) is 71.0 Å². The van der Waals surface area contributed by atoms with Crippen LogP contribution in [0.15, 0.2) is 53.6 Å². The Morgan fingerprint density at radius 3 is 2.73 bits per heavy atom. The molecule has 6 nitrogen and oxygen atoms in total. The highest BCUT2D eigenvalue weighted by Crippen LogP contribution is 2.26. The third-order valence-electron chi connectivity index (χ3n) is 4.28. The van der Waals surface area contributed by atoms with E-state index in [0.29, 0.717) is 5.56 Å². The van der Waals surface area contributed by atoms with Crippen LogP contribution in [0.5, 0.6) is 0 Å². The maximum Gasteiger partial charge on any atom is 0.337 e. The molecule has 0 bridgehead atoms. The number of ether oxygens (including phenoxy) is 1.